The smallest absolute Gasteiger partial charge is 0.227 e. The average molecular weight is 221 g/mol. The maximum atomic E-state index is 11.6. The van der Waals surface area contributed by atoms with Gasteiger partial charge in [-0.25, -0.2) is 0 Å². The molecule has 1 aliphatic rings. The summed E-state index contributed by atoms with van der Waals surface area (Å²) in [5.74, 6) is 1.57. The second-order valence-corrected chi connectivity index (χ2v) is 3.72. The summed E-state index contributed by atoms with van der Waals surface area (Å²) in [6.45, 7) is 0.773. The zero-order valence-corrected chi connectivity index (χ0v) is 9.53. The molecule has 4 heteroatoms. The summed E-state index contributed by atoms with van der Waals surface area (Å²) in [7, 11) is 3.20. The molecule has 1 aromatic rings. The van der Waals surface area contributed by atoms with Crippen LogP contribution in [0.3, 0.4) is 0 Å². The molecule has 0 aliphatic carbocycles. The lowest BCUT2D eigenvalue weighted by Gasteiger charge is -2.17. The summed E-state index contributed by atoms with van der Waals surface area (Å²) in [6, 6.07) is 5.50. The number of ether oxygens (including phenoxy) is 2. The second-order valence-electron chi connectivity index (χ2n) is 3.72. The quantitative estimate of drug-likeness (QED) is 0.781. The van der Waals surface area contributed by atoms with Gasteiger partial charge in [0.1, 0.15) is 11.5 Å². The fourth-order valence-electron chi connectivity index (χ4n) is 1.87. The standard InChI is InChI=1S/C12H15NO3/c1-15-10-6-9(7-11(8-10)16-2)13-5-3-4-12(13)14/h6-8H,3-5H2,1-2H3. The van der Waals surface area contributed by atoms with Crippen LogP contribution in [0.25, 0.3) is 0 Å². The molecule has 0 aromatic heterocycles. The highest BCUT2D eigenvalue weighted by molar-refractivity contribution is 5.95. The number of nitrogens with zero attached hydrogens (tertiary/aromatic N) is 1. The number of benzene rings is 1. The van der Waals surface area contributed by atoms with E-state index >= 15 is 0 Å². The highest BCUT2D eigenvalue weighted by atomic mass is 16.5. The van der Waals surface area contributed by atoms with Crippen molar-refractivity contribution < 1.29 is 14.3 Å². The van der Waals surface area contributed by atoms with Crippen molar-refractivity contribution in [3.8, 4) is 11.5 Å². The topological polar surface area (TPSA) is 38.8 Å². The molecular weight excluding hydrogens is 206 g/mol. The van der Waals surface area contributed by atoms with E-state index in [-0.39, 0.29) is 5.91 Å². The van der Waals surface area contributed by atoms with Crippen molar-refractivity contribution in [2.75, 3.05) is 25.7 Å². The Labute approximate surface area is 94.8 Å². The van der Waals surface area contributed by atoms with Crippen molar-refractivity contribution in [2.24, 2.45) is 0 Å². The van der Waals surface area contributed by atoms with Crippen molar-refractivity contribution in [2.45, 2.75) is 12.8 Å². The first-order chi connectivity index (χ1) is 7.74. The summed E-state index contributed by atoms with van der Waals surface area (Å²) in [4.78, 5) is 13.4. The van der Waals surface area contributed by atoms with Gasteiger partial charge in [-0.15, -0.1) is 0 Å². The minimum absolute atomic E-state index is 0.162. The van der Waals surface area contributed by atoms with E-state index in [1.54, 1.807) is 25.2 Å². The van der Waals surface area contributed by atoms with Crippen LogP contribution in [0.2, 0.25) is 0 Å². The van der Waals surface area contributed by atoms with Gasteiger partial charge in [-0.3, -0.25) is 4.79 Å². The zero-order chi connectivity index (χ0) is 11.5. The van der Waals surface area contributed by atoms with Crippen LogP contribution >= 0.6 is 0 Å². The molecule has 1 fully saturated rings. The molecule has 1 aromatic carbocycles. The molecule has 0 spiro atoms. The largest absolute Gasteiger partial charge is 0.497 e. The van der Waals surface area contributed by atoms with Gasteiger partial charge in [0.2, 0.25) is 5.91 Å². The molecule has 86 valence electrons. The van der Waals surface area contributed by atoms with Gasteiger partial charge in [0.25, 0.3) is 0 Å². The van der Waals surface area contributed by atoms with Gasteiger partial charge in [0, 0.05) is 31.2 Å². The van der Waals surface area contributed by atoms with Crippen molar-refractivity contribution in [1.82, 2.24) is 0 Å². The van der Waals surface area contributed by atoms with E-state index in [4.69, 9.17) is 9.47 Å². The van der Waals surface area contributed by atoms with E-state index in [2.05, 4.69) is 0 Å². The molecule has 0 radical (unpaired) electrons. The number of methoxy groups -OCH3 is 2. The summed E-state index contributed by atoms with van der Waals surface area (Å²) >= 11 is 0. The summed E-state index contributed by atoms with van der Waals surface area (Å²) in [5.41, 5.74) is 0.846. The Balaban J connectivity index is 2.35. The minimum atomic E-state index is 0.162. The van der Waals surface area contributed by atoms with Crippen LogP contribution in [0, 0.1) is 0 Å². The average Bonchev–Trinajstić information content (AvgIpc) is 2.74. The summed E-state index contributed by atoms with van der Waals surface area (Å²) < 4.78 is 10.3. The van der Waals surface area contributed by atoms with Gasteiger partial charge in [0.15, 0.2) is 0 Å². The first kappa shape index (κ1) is 10.8. The molecular formula is C12H15NO3. The molecule has 1 amide bonds. The lowest BCUT2D eigenvalue weighted by atomic mass is 10.2. The van der Waals surface area contributed by atoms with Crippen LogP contribution in [-0.2, 0) is 4.79 Å². The molecule has 0 N–H and O–H groups in total. The first-order valence-electron chi connectivity index (χ1n) is 5.28. The molecule has 1 aliphatic heterocycles. The van der Waals surface area contributed by atoms with Crippen LogP contribution in [-0.4, -0.2) is 26.7 Å². The van der Waals surface area contributed by atoms with E-state index < -0.39 is 0 Å². The lowest BCUT2D eigenvalue weighted by Crippen LogP contribution is -2.23. The Kier molecular flexibility index (Phi) is 2.99. The normalized spacial score (nSPS) is 15.4. The molecule has 4 nitrogen and oxygen atoms in total. The number of amides is 1. The fraction of sp³-hybridized carbons (Fsp3) is 0.417. The van der Waals surface area contributed by atoms with E-state index in [1.807, 2.05) is 12.1 Å². The number of carbonyl (C=O) groups excluding carboxylic acids is 1. The Morgan fingerprint density at radius 1 is 1.12 bits per heavy atom. The monoisotopic (exact) mass is 221 g/mol. The molecule has 0 unspecified atom stereocenters. The van der Waals surface area contributed by atoms with Gasteiger partial charge in [-0.2, -0.15) is 0 Å². The van der Waals surface area contributed by atoms with Crippen LogP contribution in [0.4, 0.5) is 5.69 Å². The summed E-state index contributed by atoms with van der Waals surface area (Å²) in [6.07, 6.45) is 1.54. The molecule has 0 bridgehead atoms. The second kappa shape index (κ2) is 4.43. The van der Waals surface area contributed by atoms with Gasteiger partial charge in [-0.1, -0.05) is 0 Å². The third kappa shape index (κ3) is 1.96. The maximum absolute atomic E-state index is 11.6. The molecule has 16 heavy (non-hydrogen) atoms. The number of hydrogen-bond donors (Lipinski definition) is 0. The van der Waals surface area contributed by atoms with Gasteiger partial charge in [0.05, 0.1) is 19.9 Å². The first-order valence-corrected chi connectivity index (χ1v) is 5.28. The Bertz CT molecular complexity index is 381. The molecule has 0 saturated carbocycles. The lowest BCUT2D eigenvalue weighted by molar-refractivity contribution is -0.117. The Morgan fingerprint density at radius 2 is 1.75 bits per heavy atom. The minimum Gasteiger partial charge on any atom is -0.497 e. The van der Waals surface area contributed by atoms with E-state index in [0.717, 1.165) is 18.7 Å². The molecule has 1 saturated heterocycles. The Hall–Kier alpha value is -1.71. The van der Waals surface area contributed by atoms with E-state index in [0.29, 0.717) is 17.9 Å². The molecule has 0 atom stereocenters. The van der Waals surface area contributed by atoms with Crippen molar-refractivity contribution in [1.29, 1.82) is 0 Å². The number of carbonyl (C=O) groups is 1. The number of hydrogen-bond acceptors (Lipinski definition) is 3. The SMILES string of the molecule is COc1cc(OC)cc(N2CCCC2=O)c1. The summed E-state index contributed by atoms with van der Waals surface area (Å²) in [5, 5.41) is 0. The van der Waals surface area contributed by atoms with Gasteiger partial charge >= 0.3 is 0 Å². The molecule has 2 rings (SSSR count). The fourth-order valence-corrected chi connectivity index (χ4v) is 1.87. The van der Waals surface area contributed by atoms with Crippen molar-refractivity contribution in [3.63, 3.8) is 0 Å². The van der Waals surface area contributed by atoms with Crippen molar-refractivity contribution >= 4 is 11.6 Å². The van der Waals surface area contributed by atoms with Crippen molar-refractivity contribution in [3.05, 3.63) is 18.2 Å². The molecule has 1 heterocycles. The number of rotatable bonds is 3. The maximum Gasteiger partial charge on any atom is 0.227 e. The van der Waals surface area contributed by atoms with Gasteiger partial charge < -0.3 is 14.4 Å². The van der Waals surface area contributed by atoms with Crippen LogP contribution in [0.15, 0.2) is 18.2 Å². The third-order valence-corrected chi connectivity index (χ3v) is 2.72. The predicted octanol–water partition coefficient (Wildman–Crippen LogP) is 1.83. The third-order valence-electron chi connectivity index (χ3n) is 2.72. The Morgan fingerprint density at radius 3 is 2.19 bits per heavy atom. The van der Waals surface area contributed by atoms with Crippen LogP contribution in [0.1, 0.15) is 12.8 Å². The van der Waals surface area contributed by atoms with Gasteiger partial charge in [-0.05, 0) is 6.42 Å². The van der Waals surface area contributed by atoms with E-state index in [1.165, 1.54) is 0 Å². The highest BCUT2D eigenvalue weighted by Crippen LogP contribution is 2.30. The number of anilines is 1. The highest BCUT2D eigenvalue weighted by Gasteiger charge is 2.22. The van der Waals surface area contributed by atoms with Crippen LogP contribution in [0.5, 0.6) is 11.5 Å². The zero-order valence-electron chi connectivity index (χ0n) is 9.53. The van der Waals surface area contributed by atoms with Crippen LogP contribution < -0.4 is 14.4 Å². The van der Waals surface area contributed by atoms with E-state index in [9.17, 15) is 4.79 Å². The predicted molar refractivity (Wildman–Crippen MR) is 61.1 cm³/mol.